The highest BCUT2D eigenvalue weighted by Gasteiger charge is 2.27. The molecule has 0 saturated heterocycles. The third-order valence-corrected chi connectivity index (χ3v) is 2.80. The van der Waals surface area contributed by atoms with Crippen molar-refractivity contribution in [3.63, 3.8) is 0 Å². The van der Waals surface area contributed by atoms with E-state index in [0.29, 0.717) is 12.2 Å². The number of halogens is 1. The van der Waals surface area contributed by atoms with E-state index < -0.39 is 11.8 Å². The first-order valence-electron chi connectivity index (χ1n) is 5.90. The molecule has 0 aliphatic rings. The van der Waals surface area contributed by atoms with Crippen LogP contribution in [0.15, 0.2) is 24.8 Å². The van der Waals surface area contributed by atoms with Crippen LogP contribution in [0.2, 0.25) is 0 Å². The fraction of sp³-hybridized carbons (Fsp3) is 0.357. The minimum Gasteiger partial charge on any atom is -0.478 e. The Morgan fingerprint density at radius 1 is 1.53 bits per heavy atom. The molecule has 0 bridgehead atoms. The SMILES string of the molecule is C=CCN(c1ccc(F)c(N)c1C(=O)O)C(C)(C)C. The molecular formula is C14H19FN2O2. The quantitative estimate of drug-likeness (QED) is 0.649. The van der Waals surface area contributed by atoms with Gasteiger partial charge in [0, 0.05) is 12.1 Å². The lowest BCUT2D eigenvalue weighted by molar-refractivity contribution is 0.0698. The van der Waals surface area contributed by atoms with Crippen molar-refractivity contribution < 1.29 is 14.3 Å². The number of nitrogens with zero attached hydrogens (tertiary/aromatic N) is 1. The monoisotopic (exact) mass is 266 g/mol. The first kappa shape index (κ1) is 15.0. The molecule has 3 N–H and O–H groups in total. The molecule has 0 saturated carbocycles. The fourth-order valence-electron chi connectivity index (χ4n) is 1.89. The van der Waals surface area contributed by atoms with E-state index in [-0.39, 0.29) is 16.8 Å². The van der Waals surface area contributed by atoms with Crippen LogP contribution in [0.3, 0.4) is 0 Å². The lowest BCUT2D eigenvalue weighted by Crippen LogP contribution is -2.42. The number of rotatable bonds is 4. The van der Waals surface area contributed by atoms with Gasteiger partial charge in [-0.1, -0.05) is 6.08 Å². The number of nitrogens with two attached hydrogens (primary N) is 1. The van der Waals surface area contributed by atoms with Crippen LogP contribution in [0, 0.1) is 5.82 Å². The Hall–Kier alpha value is -2.04. The Morgan fingerprint density at radius 3 is 2.53 bits per heavy atom. The zero-order valence-electron chi connectivity index (χ0n) is 11.4. The Kier molecular flexibility index (Phi) is 4.19. The highest BCUT2D eigenvalue weighted by molar-refractivity contribution is 6.00. The summed E-state index contributed by atoms with van der Waals surface area (Å²) in [6.07, 6.45) is 1.66. The highest BCUT2D eigenvalue weighted by atomic mass is 19.1. The maximum atomic E-state index is 13.4. The molecule has 0 fully saturated rings. The number of anilines is 2. The van der Waals surface area contributed by atoms with Crippen LogP contribution in [-0.4, -0.2) is 23.2 Å². The lowest BCUT2D eigenvalue weighted by atomic mass is 10.0. The van der Waals surface area contributed by atoms with E-state index in [4.69, 9.17) is 5.73 Å². The summed E-state index contributed by atoms with van der Waals surface area (Å²) in [4.78, 5) is 13.2. The molecular weight excluding hydrogens is 247 g/mol. The van der Waals surface area contributed by atoms with Crippen molar-refractivity contribution in [3.8, 4) is 0 Å². The smallest absolute Gasteiger partial charge is 0.340 e. The zero-order chi connectivity index (χ0) is 14.8. The minimum absolute atomic E-state index is 0.211. The van der Waals surface area contributed by atoms with Crippen LogP contribution >= 0.6 is 0 Å². The largest absolute Gasteiger partial charge is 0.478 e. The van der Waals surface area contributed by atoms with Crippen LogP contribution in [0.4, 0.5) is 15.8 Å². The van der Waals surface area contributed by atoms with Crippen molar-refractivity contribution in [3.05, 3.63) is 36.2 Å². The third-order valence-electron chi connectivity index (χ3n) is 2.80. The van der Waals surface area contributed by atoms with Gasteiger partial charge in [0.2, 0.25) is 0 Å². The first-order chi connectivity index (χ1) is 8.70. The van der Waals surface area contributed by atoms with E-state index in [1.807, 2.05) is 25.7 Å². The molecule has 0 amide bonds. The maximum Gasteiger partial charge on any atom is 0.340 e. The van der Waals surface area contributed by atoms with Gasteiger partial charge >= 0.3 is 5.97 Å². The zero-order valence-corrected chi connectivity index (χ0v) is 11.4. The second-order valence-electron chi connectivity index (χ2n) is 5.23. The van der Waals surface area contributed by atoms with E-state index in [0.717, 1.165) is 0 Å². The molecule has 0 aromatic heterocycles. The molecule has 0 unspecified atom stereocenters. The molecule has 0 heterocycles. The molecule has 1 aromatic rings. The molecule has 0 radical (unpaired) electrons. The summed E-state index contributed by atoms with van der Waals surface area (Å²) in [5, 5.41) is 9.25. The van der Waals surface area contributed by atoms with E-state index >= 15 is 0 Å². The summed E-state index contributed by atoms with van der Waals surface area (Å²) in [7, 11) is 0. The Balaban J connectivity index is 3.51. The Morgan fingerprint density at radius 2 is 2.11 bits per heavy atom. The molecule has 0 aliphatic heterocycles. The average molecular weight is 266 g/mol. The summed E-state index contributed by atoms with van der Waals surface area (Å²) in [5.74, 6) is -1.97. The van der Waals surface area contributed by atoms with Crippen molar-refractivity contribution >= 4 is 17.3 Å². The summed E-state index contributed by atoms with van der Waals surface area (Å²) < 4.78 is 13.4. The normalized spacial score (nSPS) is 11.2. The van der Waals surface area contributed by atoms with Gasteiger partial charge in [-0.05, 0) is 32.9 Å². The van der Waals surface area contributed by atoms with E-state index in [1.165, 1.54) is 12.1 Å². The maximum absolute atomic E-state index is 13.4. The van der Waals surface area contributed by atoms with E-state index in [2.05, 4.69) is 6.58 Å². The van der Waals surface area contributed by atoms with Crippen molar-refractivity contribution in [2.75, 3.05) is 17.2 Å². The standard InChI is InChI=1S/C14H19FN2O2/c1-5-8-17(14(2,3)4)10-7-6-9(15)12(16)11(10)13(18)19/h5-7H,1,8,16H2,2-4H3,(H,18,19). The number of nitrogen functional groups attached to an aromatic ring is 1. The van der Waals surface area contributed by atoms with Crippen LogP contribution in [0.5, 0.6) is 0 Å². The van der Waals surface area contributed by atoms with Crippen LogP contribution in [-0.2, 0) is 0 Å². The van der Waals surface area contributed by atoms with Crippen molar-refractivity contribution in [2.24, 2.45) is 0 Å². The Bertz CT molecular complexity index is 507. The number of hydrogen-bond acceptors (Lipinski definition) is 3. The third kappa shape index (κ3) is 3.05. The second kappa shape index (κ2) is 5.30. The molecule has 19 heavy (non-hydrogen) atoms. The van der Waals surface area contributed by atoms with Crippen LogP contribution < -0.4 is 10.6 Å². The van der Waals surface area contributed by atoms with Gasteiger partial charge in [0.05, 0.1) is 11.4 Å². The minimum atomic E-state index is -1.25. The first-order valence-corrected chi connectivity index (χ1v) is 5.90. The summed E-state index contributed by atoms with van der Waals surface area (Å²) in [5.41, 5.74) is 5.04. The highest BCUT2D eigenvalue weighted by Crippen LogP contribution is 2.32. The summed E-state index contributed by atoms with van der Waals surface area (Å²) in [6.45, 7) is 9.90. The molecule has 4 nitrogen and oxygen atoms in total. The van der Waals surface area contributed by atoms with Gasteiger partial charge in [0.25, 0.3) is 0 Å². The van der Waals surface area contributed by atoms with Gasteiger partial charge in [0.15, 0.2) is 0 Å². The van der Waals surface area contributed by atoms with Crippen molar-refractivity contribution in [2.45, 2.75) is 26.3 Å². The van der Waals surface area contributed by atoms with Crippen LogP contribution in [0.1, 0.15) is 31.1 Å². The lowest BCUT2D eigenvalue weighted by Gasteiger charge is -2.38. The molecule has 0 atom stereocenters. The van der Waals surface area contributed by atoms with Crippen molar-refractivity contribution in [1.82, 2.24) is 0 Å². The molecule has 1 aromatic carbocycles. The van der Waals surface area contributed by atoms with Gasteiger partial charge in [-0.15, -0.1) is 6.58 Å². The van der Waals surface area contributed by atoms with Gasteiger partial charge < -0.3 is 15.7 Å². The van der Waals surface area contributed by atoms with Gasteiger partial charge in [-0.25, -0.2) is 9.18 Å². The van der Waals surface area contributed by atoms with Gasteiger partial charge in [-0.3, -0.25) is 0 Å². The fourth-order valence-corrected chi connectivity index (χ4v) is 1.89. The molecule has 1 rings (SSSR count). The predicted octanol–water partition coefficient (Wildman–Crippen LogP) is 2.90. The number of carboxylic acids is 1. The Labute approximate surface area is 112 Å². The van der Waals surface area contributed by atoms with E-state index in [9.17, 15) is 14.3 Å². The second-order valence-corrected chi connectivity index (χ2v) is 5.23. The molecule has 0 aliphatic carbocycles. The number of hydrogen-bond donors (Lipinski definition) is 2. The molecule has 5 heteroatoms. The molecule has 104 valence electrons. The number of benzene rings is 1. The predicted molar refractivity (Wildman–Crippen MR) is 75.1 cm³/mol. The van der Waals surface area contributed by atoms with Crippen LogP contribution in [0.25, 0.3) is 0 Å². The van der Waals surface area contributed by atoms with Crippen molar-refractivity contribution in [1.29, 1.82) is 0 Å². The average Bonchev–Trinajstić information content (AvgIpc) is 2.27. The number of carboxylic acid groups (broad SMARTS) is 1. The van der Waals surface area contributed by atoms with Gasteiger partial charge in [-0.2, -0.15) is 0 Å². The van der Waals surface area contributed by atoms with E-state index in [1.54, 1.807) is 6.08 Å². The number of carbonyl (C=O) groups is 1. The summed E-state index contributed by atoms with van der Waals surface area (Å²) >= 11 is 0. The topological polar surface area (TPSA) is 66.6 Å². The molecule has 0 spiro atoms. The number of aromatic carboxylic acids is 1. The summed E-state index contributed by atoms with van der Waals surface area (Å²) in [6, 6.07) is 2.61. The van der Waals surface area contributed by atoms with Gasteiger partial charge in [0.1, 0.15) is 11.4 Å².